The molecule has 0 aromatic carbocycles. The molecule has 1 aliphatic rings. The van der Waals surface area contributed by atoms with Crippen molar-refractivity contribution in [1.29, 1.82) is 0 Å². The highest BCUT2D eigenvalue weighted by Crippen LogP contribution is 2.04. The van der Waals surface area contributed by atoms with Crippen LogP contribution in [0.25, 0.3) is 0 Å². The van der Waals surface area contributed by atoms with Gasteiger partial charge in [-0.05, 0) is 14.0 Å². The summed E-state index contributed by atoms with van der Waals surface area (Å²) in [6.07, 6.45) is 1.70. The lowest BCUT2D eigenvalue weighted by molar-refractivity contribution is -0.126. The minimum Gasteiger partial charge on any atom is -0.351 e. The topological polar surface area (TPSA) is 35.6 Å². The number of rotatable bonds is 4. The quantitative estimate of drug-likeness (QED) is 0.661. The number of amides is 1. The van der Waals surface area contributed by atoms with Crippen LogP contribution < -0.4 is 5.32 Å². The van der Waals surface area contributed by atoms with Gasteiger partial charge in [0.25, 0.3) is 0 Å². The molecule has 1 fully saturated rings. The molecule has 1 N–H and O–H groups in total. The van der Waals surface area contributed by atoms with E-state index in [4.69, 9.17) is 0 Å². The molecule has 0 bridgehead atoms. The Morgan fingerprint density at radius 2 is 2.07 bits per heavy atom. The van der Waals surface area contributed by atoms with Crippen LogP contribution in [0.3, 0.4) is 0 Å². The lowest BCUT2D eigenvalue weighted by atomic mass is 10.2. The second-order valence-corrected chi connectivity index (χ2v) is 4.05. The summed E-state index contributed by atoms with van der Waals surface area (Å²) in [7, 11) is 2.11. The number of nitrogens with zero attached hydrogens (tertiary/aromatic N) is 2. The van der Waals surface area contributed by atoms with Crippen LogP contribution in [0.5, 0.6) is 0 Å². The van der Waals surface area contributed by atoms with Crippen LogP contribution in [0.2, 0.25) is 0 Å². The third kappa shape index (κ3) is 3.64. The van der Waals surface area contributed by atoms with Gasteiger partial charge in [-0.25, -0.2) is 0 Å². The Hall–Kier alpha value is -0.870. The average molecular weight is 211 g/mol. The van der Waals surface area contributed by atoms with Gasteiger partial charge in [-0.15, -0.1) is 6.58 Å². The van der Waals surface area contributed by atoms with Crippen molar-refractivity contribution in [3.8, 4) is 0 Å². The predicted molar refractivity (Wildman–Crippen MR) is 61.7 cm³/mol. The number of carbonyl (C=O) groups is 1. The largest absolute Gasteiger partial charge is 0.351 e. The van der Waals surface area contributed by atoms with E-state index in [9.17, 15) is 4.79 Å². The van der Waals surface area contributed by atoms with E-state index in [0.717, 1.165) is 26.2 Å². The summed E-state index contributed by atoms with van der Waals surface area (Å²) in [5.41, 5.74) is 0. The van der Waals surface area contributed by atoms with Crippen molar-refractivity contribution in [3.05, 3.63) is 12.7 Å². The van der Waals surface area contributed by atoms with Gasteiger partial charge < -0.3 is 10.2 Å². The van der Waals surface area contributed by atoms with E-state index in [2.05, 4.69) is 28.7 Å². The second kappa shape index (κ2) is 5.88. The molecule has 1 aliphatic heterocycles. The van der Waals surface area contributed by atoms with E-state index in [0.29, 0.717) is 6.54 Å². The first-order valence-electron chi connectivity index (χ1n) is 5.46. The summed E-state index contributed by atoms with van der Waals surface area (Å²) in [5, 5.41) is 2.83. The maximum absolute atomic E-state index is 11.7. The van der Waals surface area contributed by atoms with Gasteiger partial charge in [0.2, 0.25) is 5.91 Å². The summed E-state index contributed by atoms with van der Waals surface area (Å²) in [4.78, 5) is 16.2. The summed E-state index contributed by atoms with van der Waals surface area (Å²) < 4.78 is 0. The highest BCUT2D eigenvalue weighted by molar-refractivity contribution is 5.81. The Kier molecular flexibility index (Phi) is 4.78. The SMILES string of the molecule is C=CCNC(=O)[C@@H](C)N1CCN(C)CC1. The Balaban J connectivity index is 2.35. The Labute approximate surface area is 91.9 Å². The zero-order valence-corrected chi connectivity index (χ0v) is 9.70. The first kappa shape index (κ1) is 12.2. The van der Waals surface area contributed by atoms with Crippen LogP contribution in [0.4, 0.5) is 0 Å². The van der Waals surface area contributed by atoms with Crippen LogP contribution >= 0.6 is 0 Å². The molecule has 1 rings (SSSR count). The fourth-order valence-corrected chi connectivity index (χ4v) is 1.70. The molecule has 4 nitrogen and oxygen atoms in total. The van der Waals surface area contributed by atoms with Crippen LogP contribution in [-0.2, 0) is 4.79 Å². The molecule has 0 radical (unpaired) electrons. The number of nitrogens with one attached hydrogen (secondary N) is 1. The molecule has 0 aromatic rings. The van der Waals surface area contributed by atoms with Crippen molar-refractivity contribution in [2.45, 2.75) is 13.0 Å². The summed E-state index contributed by atoms with van der Waals surface area (Å²) in [6.45, 7) is 10.1. The fourth-order valence-electron chi connectivity index (χ4n) is 1.70. The Bertz CT molecular complexity index is 222. The number of hydrogen-bond acceptors (Lipinski definition) is 3. The van der Waals surface area contributed by atoms with Crippen LogP contribution in [0.15, 0.2) is 12.7 Å². The van der Waals surface area contributed by atoms with Gasteiger partial charge in [-0.3, -0.25) is 9.69 Å². The van der Waals surface area contributed by atoms with E-state index in [1.165, 1.54) is 0 Å². The van der Waals surface area contributed by atoms with E-state index in [1.807, 2.05) is 6.92 Å². The molecule has 0 unspecified atom stereocenters. The normalized spacial score (nSPS) is 20.9. The average Bonchev–Trinajstić information content (AvgIpc) is 2.26. The summed E-state index contributed by atoms with van der Waals surface area (Å²) in [5.74, 6) is 0.0967. The molecule has 0 spiro atoms. The zero-order chi connectivity index (χ0) is 11.3. The molecule has 1 saturated heterocycles. The third-order valence-electron chi connectivity index (χ3n) is 2.89. The van der Waals surface area contributed by atoms with Gasteiger partial charge in [0.1, 0.15) is 0 Å². The van der Waals surface area contributed by atoms with Gasteiger partial charge >= 0.3 is 0 Å². The third-order valence-corrected chi connectivity index (χ3v) is 2.89. The van der Waals surface area contributed by atoms with Crippen LogP contribution in [-0.4, -0.2) is 61.5 Å². The number of carbonyl (C=O) groups excluding carboxylic acids is 1. The second-order valence-electron chi connectivity index (χ2n) is 4.05. The smallest absolute Gasteiger partial charge is 0.237 e. The summed E-state index contributed by atoms with van der Waals surface area (Å²) in [6, 6.07) is -0.0290. The van der Waals surface area contributed by atoms with Gasteiger partial charge in [-0.2, -0.15) is 0 Å². The Morgan fingerprint density at radius 1 is 1.47 bits per heavy atom. The first-order chi connectivity index (χ1) is 7.15. The fraction of sp³-hybridized carbons (Fsp3) is 0.727. The van der Waals surface area contributed by atoms with Crippen molar-refractivity contribution in [2.24, 2.45) is 0 Å². The van der Waals surface area contributed by atoms with Crippen LogP contribution in [0, 0.1) is 0 Å². The Morgan fingerprint density at radius 3 is 2.60 bits per heavy atom. The minimum atomic E-state index is -0.0290. The predicted octanol–water partition coefficient (Wildman–Crippen LogP) is -0.0755. The summed E-state index contributed by atoms with van der Waals surface area (Å²) >= 11 is 0. The van der Waals surface area contributed by atoms with Crippen LogP contribution in [0.1, 0.15) is 6.92 Å². The molecule has 0 aromatic heterocycles. The van der Waals surface area contributed by atoms with Gasteiger partial charge in [0.15, 0.2) is 0 Å². The molecule has 0 aliphatic carbocycles. The van der Waals surface area contributed by atoms with Crippen molar-refractivity contribution < 1.29 is 4.79 Å². The number of piperazine rings is 1. The first-order valence-corrected chi connectivity index (χ1v) is 5.46. The van der Waals surface area contributed by atoms with E-state index in [1.54, 1.807) is 6.08 Å². The molecule has 15 heavy (non-hydrogen) atoms. The van der Waals surface area contributed by atoms with Gasteiger partial charge in [-0.1, -0.05) is 6.08 Å². The molecule has 4 heteroatoms. The van der Waals surface area contributed by atoms with Gasteiger partial charge in [0.05, 0.1) is 6.04 Å². The number of hydrogen-bond donors (Lipinski definition) is 1. The van der Waals surface area contributed by atoms with E-state index >= 15 is 0 Å². The van der Waals surface area contributed by atoms with Gasteiger partial charge in [0, 0.05) is 32.7 Å². The molecule has 1 amide bonds. The molecule has 1 atom stereocenters. The molecule has 1 heterocycles. The minimum absolute atomic E-state index is 0.0290. The monoisotopic (exact) mass is 211 g/mol. The van der Waals surface area contributed by atoms with Crippen molar-refractivity contribution in [1.82, 2.24) is 15.1 Å². The maximum atomic E-state index is 11.7. The lowest BCUT2D eigenvalue weighted by Crippen LogP contribution is -2.53. The van der Waals surface area contributed by atoms with Crippen molar-refractivity contribution in [3.63, 3.8) is 0 Å². The lowest BCUT2D eigenvalue weighted by Gasteiger charge is -2.35. The van der Waals surface area contributed by atoms with E-state index < -0.39 is 0 Å². The molecular formula is C11H21N3O. The highest BCUT2D eigenvalue weighted by Gasteiger charge is 2.23. The zero-order valence-electron chi connectivity index (χ0n) is 9.70. The molecule has 86 valence electrons. The maximum Gasteiger partial charge on any atom is 0.237 e. The highest BCUT2D eigenvalue weighted by atomic mass is 16.2. The molecular weight excluding hydrogens is 190 g/mol. The van der Waals surface area contributed by atoms with Crippen molar-refractivity contribution in [2.75, 3.05) is 39.8 Å². The molecule has 0 saturated carbocycles. The van der Waals surface area contributed by atoms with Crippen molar-refractivity contribution >= 4 is 5.91 Å². The van der Waals surface area contributed by atoms with E-state index in [-0.39, 0.29) is 11.9 Å². The standard InChI is InChI=1S/C11H21N3O/c1-4-5-12-11(15)10(2)14-8-6-13(3)7-9-14/h4,10H,1,5-9H2,2-3H3,(H,12,15)/t10-/m1/s1. The number of likely N-dealkylation sites (N-methyl/N-ethyl adjacent to an activating group) is 1.